The van der Waals surface area contributed by atoms with Gasteiger partial charge in [0.15, 0.2) is 0 Å². The summed E-state index contributed by atoms with van der Waals surface area (Å²) in [7, 11) is 0. The number of benzene rings is 1. The number of para-hydroxylation sites is 2. The van der Waals surface area contributed by atoms with Crippen molar-refractivity contribution in [1.82, 2.24) is 9.55 Å². The van der Waals surface area contributed by atoms with Crippen molar-refractivity contribution in [3.8, 4) is 0 Å². The maximum atomic E-state index is 12.3. The van der Waals surface area contributed by atoms with E-state index in [9.17, 15) is 4.79 Å². The lowest BCUT2D eigenvalue weighted by Gasteiger charge is -2.60. The molecule has 3 saturated carbocycles. The lowest BCUT2D eigenvalue weighted by Crippen LogP contribution is -2.53. The lowest BCUT2D eigenvalue weighted by atomic mass is 9.44. The van der Waals surface area contributed by atoms with Crippen LogP contribution >= 0.6 is 0 Å². The predicted octanol–water partition coefficient (Wildman–Crippen LogP) is 6.74. The fraction of sp³-hybridized carbons (Fsp3) is 0.643. The molecule has 4 aliphatic rings. The van der Waals surface area contributed by atoms with Crippen molar-refractivity contribution >= 4 is 23.0 Å². The summed E-state index contributed by atoms with van der Waals surface area (Å²) in [6.07, 6.45) is 13.6. The normalized spacial score (nSPS) is 42.2. The first-order chi connectivity index (χ1) is 15.0. The monoisotopic (exact) mass is 416 g/mol. The third-order valence-corrected chi connectivity index (χ3v) is 10.4. The number of aldehydes is 1. The number of imidazole rings is 1. The molecule has 2 aromatic rings. The van der Waals surface area contributed by atoms with Gasteiger partial charge in [0.2, 0.25) is 0 Å². The molecule has 0 spiro atoms. The summed E-state index contributed by atoms with van der Waals surface area (Å²) in [5.74, 6) is 4.01. The number of nitrogens with zero attached hydrogens (tertiary/aromatic N) is 2. The second kappa shape index (κ2) is 6.80. The molecule has 3 heteroatoms. The van der Waals surface area contributed by atoms with E-state index in [0.29, 0.717) is 11.3 Å². The topological polar surface area (TPSA) is 34.9 Å². The third kappa shape index (κ3) is 2.64. The number of aromatic nitrogens is 2. The third-order valence-electron chi connectivity index (χ3n) is 10.4. The Labute approximate surface area is 186 Å². The van der Waals surface area contributed by atoms with Gasteiger partial charge in [-0.2, -0.15) is 0 Å². The van der Waals surface area contributed by atoms with E-state index in [-0.39, 0.29) is 5.41 Å². The molecule has 4 aliphatic carbocycles. The summed E-state index contributed by atoms with van der Waals surface area (Å²) in [6.45, 7) is 7.56. The first kappa shape index (κ1) is 19.8. The van der Waals surface area contributed by atoms with Crippen molar-refractivity contribution in [2.45, 2.75) is 72.1 Å². The van der Waals surface area contributed by atoms with Crippen molar-refractivity contribution < 1.29 is 4.79 Å². The van der Waals surface area contributed by atoms with Gasteiger partial charge in [0, 0.05) is 16.7 Å². The zero-order valence-electron chi connectivity index (χ0n) is 19.3. The fourth-order valence-corrected chi connectivity index (χ4v) is 8.83. The van der Waals surface area contributed by atoms with Gasteiger partial charge in [-0.05, 0) is 92.1 Å². The van der Waals surface area contributed by atoms with Gasteiger partial charge in [-0.25, -0.2) is 4.98 Å². The Kier molecular flexibility index (Phi) is 4.33. The zero-order chi connectivity index (χ0) is 21.4. The molecule has 0 aliphatic heterocycles. The van der Waals surface area contributed by atoms with Crippen LogP contribution < -0.4 is 0 Å². The molecule has 6 rings (SSSR count). The zero-order valence-corrected chi connectivity index (χ0v) is 19.3. The van der Waals surface area contributed by atoms with E-state index in [0.717, 1.165) is 53.0 Å². The van der Waals surface area contributed by atoms with Gasteiger partial charge in [-0.3, -0.25) is 4.79 Å². The molecule has 3 unspecified atom stereocenters. The number of hydrogen-bond acceptors (Lipinski definition) is 2. The van der Waals surface area contributed by atoms with Gasteiger partial charge in [-0.15, -0.1) is 0 Å². The van der Waals surface area contributed by atoms with Crippen molar-refractivity contribution in [3.05, 3.63) is 36.2 Å². The Balaban J connectivity index is 1.40. The van der Waals surface area contributed by atoms with E-state index in [1.54, 1.807) is 0 Å². The SMILES string of the molecule is C[C@@H]1CC[C@]2(C)C3CC[C@]4(C)C(n5cnc6ccccc65)=C(C=O)CC4C3CC[C@@H]2C1. The highest BCUT2D eigenvalue weighted by molar-refractivity contribution is 5.90. The van der Waals surface area contributed by atoms with Gasteiger partial charge in [-0.1, -0.05) is 39.3 Å². The highest BCUT2D eigenvalue weighted by Crippen LogP contribution is 2.68. The van der Waals surface area contributed by atoms with Crippen molar-refractivity contribution in [2.24, 2.45) is 40.4 Å². The van der Waals surface area contributed by atoms with E-state index >= 15 is 0 Å². The second-order valence-electron chi connectivity index (χ2n) is 11.8. The van der Waals surface area contributed by atoms with Gasteiger partial charge in [0.1, 0.15) is 12.6 Å². The molecule has 0 amide bonds. The molecule has 7 atom stereocenters. The molecular weight excluding hydrogens is 380 g/mol. The average Bonchev–Trinajstić information content (AvgIpc) is 3.31. The van der Waals surface area contributed by atoms with Crippen LogP contribution in [0.4, 0.5) is 0 Å². The van der Waals surface area contributed by atoms with E-state index < -0.39 is 0 Å². The maximum absolute atomic E-state index is 12.3. The molecule has 3 nitrogen and oxygen atoms in total. The molecule has 0 N–H and O–H groups in total. The van der Waals surface area contributed by atoms with Crippen LogP contribution in [0.1, 0.15) is 72.1 Å². The lowest BCUT2D eigenvalue weighted by molar-refractivity contribution is -0.107. The van der Waals surface area contributed by atoms with Crippen molar-refractivity contribution in [3.63, 3.8) is 0 Å². The number of allylic oxidation sites excluding steroid dienone is 2. The van der Waals surface area contributed by atoms with Gasteiger partial charge in [0.25, 0.3) is 0 Å². The number of fused-ring (bicyclic) bond motifs is 6. The average molecular weight is 417 g/mol. The minimum Gasteiger partial charge on any atom is -0.302 e. The van der Waals surface area contributed by atoms with Gasteiger partial charge >= 0.3 is 0 Å². The second-order valence-corrected chi connectivity index (χ2v) is 11.8. The molecule has 0 saturated heterocycles. The quantitative estimate of drug-likeness (QED) is 0.508. The summed E-state index contributed by atoms with van der Waals surface area (Å²) in [6, 6.07) is 8.35. The summed E-state index contributed by atoms with van der Waals surface area (Å²) < 4.78 is 2.26. The van der Waals surface area contributed by atoms with Crippen LogP contribution in [-0.4, -0.2) is 15.8 Å². The molecule has 0 radical (unpaired) electrons. The number of rotatable bonds is 2. The first-order valence-electron chi connectivity index (χ1n) is 12.6. The van der Waals surface area contributed by atoms with Gasteiger partial charge < -0.3 is 4.57 Å². The highest BCUT2D eigenvalue weighted by Gasteiger charge is 2.59. The molecule has 1 aromatic carbocycles. The number of hydrogen-bond donors (Lipinski definition) is 0. The van der Waals surface area contributed by atoms with E-state index in [1.807, 2.05) is 12.4 Å². The molecule has 1 aromatic heterocycles. The van der Waals surface area contributed by atoms with Crippen molar-refractivity contribution in [2.75, 3.05) is 0 Å². The van der Waals surface area contributed by atoms with Crippen LogP contribution in [0.3, 0.4) is 0 Å². The van der Waals surface area contributed by atoms with Crippen LogP contribution in [0, 0.1) is 40.4 Å². The minimum atomic E-state index is 0.0754. The Morgan fingerprint density at radius 1 is 1.06 bits per heavy atom. The van der Waals surface area contributed by atoms with E-state index in [1.165, 1.54) is 50.6 Å². The van der Waals surface area contributed by atoms with Gasteiger partial charge in [0.05, 0.1) is 11.0 Å². The van der Waals surface area contributed by atoms with Crippen LogP contribution in [0.2, 0.25) is 0 Å². The van der Waals surface area contributed by atoms with Crippen LogP contribution in [-0.2, 0) is 4.79 Å². The Hall–Kier alpha value is -1.90. The fourth-order valence-electron chi connectivity index (χ4n) is 8.83. The Bertz CT molecular complexity index is 1070. The summed E-state index contributed by atoms with van der Waals surface area (Å²) in [5, 5.41) is 0. The maximum Gasteiger partial charge on any atom is 0.147 e. The van der Waals surface area contributed by atoms with Crippen LogP contribution in [0.15, 0.2) is 36.2 Å². The molecule has 1 heterocycles. The standard InChI is InChI=1S/C28H36N2O/c1-18-10-12-27(2)20(14-18)8-9-21-22(27)11-13-28(3)23(21)15-19(16-31)26(28)30-17-29-24-6-4-5-7-25(24)30/h4-7,16-18,20-23H,8-15H2,1-3H3/t18-,20-,21?,22?,23?,27+,28+/m1/s1. The minimum absolute atomic E-state index is 0.0754. The largest absolute Gasteiger partial charge is 0.302 e. The summed E-state index contributed by atoms with van der Waals surface area (Å²) in [5.41, 5.74) is 5.03. The Morgan fingerprint density at radius 3 is 2.74 bits per heavy atom. The first-order valence-corrected chi connectivity index (χ1v) is 12.6. The van der Waals surface area contributed by atoms with Crippen LogP contribution in [0.25, 0.3) is 16.7 Å². The number of carbonyl (C=O) groups excluding carboxylic acids is 1. The molecular formula is C28H36N2O. The molecule has 3 fully saturated rings. The highest BCUT2D eigenvalue weighted by atomic mass is 16.1. The van der Waals surface area contributed by atoms with E-state index in [4.69, 9.17) is 0 Å². The number of carbonyl (C=O) groups is 1. The smallest absolute Gasteiger partial charge is 0.147 e. The molecule has 164 valence electrons. The molecule has 0 bridgehead atoms. The summed E-state index contributed by atoms with van der Waals surface area (Å²) >= 11 is 0. The molecule has 31 heavy (non-hydrogen) atoms. The Morgan fingerprint density at radius 2 is 1.90 bits per heavy atom. The van der Waals surface area contributed by atoms with E-state index in [2.05, 4.69) is 48.5 Å². The predicted molar refractivity (Wildman–Crippen MR) is 125 cm³/mol. The van der Waals surface area contributed by atoms with Crippen LogP contribution in [0.5, 0.6) is 0 Å². The van der Waals surface area contributed by atoms with Crippen molar-refractivity contribution in [1.29, 1.82) is 0 Å². The summed E-state index contributed by atoms with van der Waals surface area (Å²) in [4.78, 5) is 17.0.